The van der Waals surface area contributed by atoms with Crippen molar-refractivity contribution >= 4 is 51.2 Å². The number of nitrogens with zero attached hydrogens (tertiary/aromatic N) is 1. The molecule has 6 nitrogen and oxygen atoms in total. The molecule has 0 aliphatic carbocycles. The Balaban J connectivity index is 1.63. The lowest BCUT2D eigenvalue weighted by Gasteiger charge is -2.10. The highest BCUT2D eigenvalue weighted by molar-refractivity contribution is 9.10. The Labute approximate surface area is 193 Å². The number of ether oxygens (including phenoxy) is 1. The van der Waals surface area contributed by atoms with E-state index in [2.05, 4.69) is 31.8 Å². The first kappa shape index (κ1) is 22.5. The second-order valence-electron chi connectivity index (χ2n) is 6.52. The van der Waals surface area contributed by atoms with Crippen LogP contribution in [0.3, 0.4) is 0 Å². The molecular formula is C23H19BrClN3O3. The molecule has 0 spiro atoms. The van der Waals surface area contributed by atoms with Gasteiger partial charge in [0, 0.05) is 20.7 Å². The van der Waals surface area contributed by atoms with Crippen molar-refractivity contribution < 1.29 is 14.3 Å². The molecular weight excluding hydrogens is 482 g/mol. The van der Waals surface area contributed by atoms with E-state index < -0.39 is 11.8 Å². The van der Waals surface area contributed by atoms with Crippen molar-refractivity contribution in [2.24, 2.45) is 5.10 Å². The molecule has 0 atom stereocenters. The van der Waals surface area contributed by atoms with Crippen LogP contribution in [0.1, 0.15) is 16.7 Å². The van der Waals surface area contributed by atoms with Gasteiger partial charge in [-0.25, -0.2) is 5.43 Å². The maximum absolute atomic E-state index is 12.1. The fourth-order valence-electron chi connectivity index (χ4n) is 2.62. The van der Waals surface area contributed by atoms with E-state index in [-0.39, 0.29) is 0 Å². The maximum atomic E-state index is 12.1. The number of rotatable bonds is 6. The van der Waals surface area contributed by atoms with Crippen LogP contribution in [-0.4, -0.2) is 18.0 Å². The van der Waals surface area contributed by atoms with Gasteiger partial charge in [0.25, 0.3) is 0 Å². The number of nitrogens with one attached hydrogen (secondary N) is 2. The number of hydrogen-bond acceptors (Lipinski definition) is 4. The Kier molecular flexibility index (Phi) is 7.81. The first-order valence-corrected chi connectivity index (χ1v) is 10.5. The Hall–Kier alpha value is -3.16. The highest BCUT2D eigenvalue weighted by Crippen LogP contribution is 2.24. The first-order valence-electron chi connectivity index (χ1n) is 9.30. The van der Waals surface area contributed by atoms with Gasteiger partial charge >= 0.3 is 11.8 Å². The first-order chi connectivity index (χ1) is 14.9. The Bertz CT molecular complexity index is 1120. The molecule has 3 aromatic carbocycles. The molecule has 0 fully saturated rings. The number of benzene rings is 3. The number of anilines is 1. The number of hydrazone groups is 1. The van der Waals surface area contributed by atoms with Crippen LogP contribution in [-0.2, 0) is 16.2 Å². The molecule has 31 heavy (non-hydrogen) atoms. The smallest absolute Gasteiger partial charge is 0.329 e. The number of carbonyl (C=O) groups is 2. The molecule has 2 N–H and O–H groups in total. The minimum atomic E-state index is -0.905. The van der Waals surface area contributed by atoms with Crippen molar-refractivity contribution in [1.29, 1.82) is 0 Å². The monoisotopic (exact) mass is 499 g/mol. The Morgan fingerprint density at radius 1 is 1.06 bits per heavy atom. The van der Waals surface area contributed by atoms with Crippen LogP contribution in [0.2, 0.25) is 5.02 Å². The third-order valence-corrected chi connectivity index (χ3v) is 5.20. The normalized spacial score (nSPS) is 10.7. The molecule has 0 bridgehead atoms. The molecule has 3 rings (SSSR count). The van der Waals surface area contributed by atoms with E-state index in [1.54, 1.807) is 37.3 Å². The van der Waals surface area contributed by atoms with Gasteiger partial charge in [0.2, 0.25) is 0 Å². The van der Waals surface area contributed by atoms with E-state index >= 15 is 0 Å². The van der Waals surface area contributed by atoms with Crippen molar-refractivity contribution in [1.82, 2.24) is 5.43 Å². The van der Waals surface area contributed by atoms with E-state index in [0.717, 1.165) is 10.0 Å². The molecule has 0 unspecified atom stereocenters. The molecule has 0 aliphatic rings. The summed E-state index contributed by atoms with van der Waals surface area (Å²) < 4.78 is 6.69. The molecule has 158 valence electrons. The summed E-state index contributed by atoms with van der Waals surface area (Å²) in [7, 11) is 0. The van der Waals surface area contributed by atoms with Crippen molar-refractivity contribution in [3.63, 3.8) is 0 Å². The van der Waals surface area contributed by atoms with Gasteiger partial charge in [-0.3, -0.25) is 9.59 Å². The largest absolute Gasteiger partial charge is 0.488 e. The zero-order valence-electron chi connectivity index (χ0n) is 16.6. The average Bonchev–Trinajstić information content (AvgIpc) is 2.77. The van der Waals surface area contributed by atoms with Crippen LogP contribution in [0.4, 0.5) is 5.69 Å². The van der Waals surface area contributed by atoms with E-state index in [1.807, 2.05) is 36.4 Å². The van der Waals surface area contributed by atoms with Crippen molar-refractivity contribution in [2.45, 2.75) is 13.5 Å². The van der Waals surface area contributed by atoms with Crippen LogP contribution in [0.5, 0.6) is 5.75 Å². The van der Waals surface area contributed by atoms with Gasteiger partial charge in [0.05, 0.1) is 6.21 Å². The Morgan fingerprint density at radius 3 is 2.61 bits per heavy atom. The van der Waals surface area contributed by atoms with Crippen LogP contribution in [0.15, 0.2) is 76.3 Å². The maximum Gasteiger partial charge on any atom is 0.329 e. The summed E-state index contributed by atoms with van der Waals surface area (Å²) in [6.07, 6.45) is 1.42. The summed E-state index contributed by atoms with van der Waals surface area (Å²) in [4.78, 5) is 24.2. The van der Waals surface area contributed by atoms with Crippen LogP contribution in [0.25, 0.3) is 0 Å². The van der Waals surface area contributed by atoms with Crippen molar-refractivity contribution in [3.8, 4) is 5.75 Å². The molecule has 8 heteroatoms. The molecule has 0 heterocycles. The molecule has 3 aromatic rings. The zero-order valence-corrected chi connectivity index (χ0v) is 18.9. The van der Waals surface area contributed by atoms with Crippen LogP contribution >= 0.6 is 27.5 Å². The van der Waals surface area contributed by atoms with Gasteiger partial charge in [0.15, 0.2) is 0 Å². The number of halogens is 2. The van der Waals surface area contributed by atoms with Crippen molar-refractivity contribution in [2.75, 3.05) is 5.32 Å². The second-order valence-corrected chi connectivity index (χ2v) is 7.84. The highest BCUT2D eigenvalue weighted by atomic mass is 79.9. The molecule has 0 saturated heterocycles. The number of carbonyl (C=O) groups excluding carboxylic acids is 2. The van der Waals surface area contributed by atoms with Gasteiger partial charge in [-0.1, -0.05) is 63.9 Å². The van der Waals surface area contributed by atoms with Gasteiger partial charge < -0.3 is 10.1 Å². The summed E-state index contributed by atoms with van der Waals surface area (Å²) in [5.41, 5.74) is 5.01. The van der Waals surface area contributed by atoms with E-state index in [4.69, 9.17) is 16.3 Å². The predicted octanol–water partition coefficient (Wildman–Crippen LogP) is 5.08. The van der Waals surface area contributed by atoms with E-state index in [0.29, 0.717) is 34.2 Å². The number of amides is 2. The topological polar surface area (TPSA) is 79.8 Å². The Morgan fingerprint density at radius 2 is 1.84 bits per heavy atom. The number of hydrogen-bond donors (Lipinski definition) is 2. The molecule has 0 saturated carbocycles. The summed E-state index contributed by atoms with van der Waals surface area (Å²) >= 11 is 9.44. The molecule has 0 aliphatic heterocycles. The second kappa shape index (κ2) is 10.7. The minimum absolute atomic E-state index is 0.386. The summed E-state index contributed by atoms with van der Waals surface area (Å²) in [6, 6.07) is 20.2. The highest BCUT2D eigenvalue weighted by Gasteiger charge is 2.14. The van der Waals surface area contributed by atoms with Crippen molar-refractivity contribution in [3.05, 3.63) is 92.9 Å². The summed E-state index contributed by atoms with van der Waals surface area (Å²) in [5, 5.41) is 6.90. The van der Waals surface area contributed by atoms with Gasteiger partial charge in [-0.2, -0.15) is 5.10 Å². The van der Waals surface area contributed by atoms with Gasteiger partial charge in [0.1, 0.15) is 12.4 Å². The zero-order chi connectivity index (χ0) is 22.2. The van der Waals surface area contributed by atoms with Gasteiger partial charge in [-0.05, 0) is 48.4 Å². The van der Waals surface area contributed by atoms with Crippen LogP contribution in [0, 0.1) is 6.92 Å². The molecule has 0 radical (unpaired) electrons. The standard InChI is InChI=1S/C23H19BrClN3O3/c1-15-19(25)8-5-9-20(15)27-22(29)23(30)28-26-13-17-12-18(24)10-11-21(17)31-14-16-6-3-2-4-7-16/h2-13H,14H2,1H3,(H,27,29)(H,28,30)/b26-13+. The fourth-order valence-corrected chi connectivity index (χ4v) is 3.17. The van der Waals surface area contributed by atoms with Gasteiger partial charge in [-0.15, -0.1) is 0 Å². The van der Waals surface area contributed by atoms with E-state index in [1.165, 1.54) is 6.21 Å². The third-order valence-electron chi connectivity index (χ3n) is 4.30. The summed E-state index contributed by atoms with van der Waals surface area (Å²) in [6.45, 7) is 2.13. The third kappa shape index (κ3) is 6.41. The average molecular weight is 501 g/mol. The predicted molar refractivity (Wildman–Crippen MR) is 125 cm³/mol. The lowest BCUT2D eigenvalue weighted by atomic mass is 10.2. The quantitative estimate of drug-likeness (QED) is 0.281. The fraction of sp³-hybridized carbons (Fsp3) is 0.0870. The van der Waals surface area contributed by atoms with Crippen LogP contribution < -0.4 is 15.5 Å². The molecule has 2 amide bonds. The molecule has 0 aromatic heterocycles. The van der Waals surface area contributed by atoms with E-state index in [9.17, 15) is 9.59 Å². The lowest BCUT2D eigenvalue weighted by molar-refractivity contribution is -0.136. The minimum Gasteiger partial charge on any atom is -0.488 e. The lowest BCUT2D eigenvalue weighted by Crippen LogP contribution is -2.32. The SMILES string of the molecule is Cc1c(Cl)cccc1NC(=O)C(=O)N/N=C/c1cc(Br)ccc1OCc1ccccc1. The summed E-state index contributed by atoms with van der Waals surface area (Å²) in [5.74, 6) is -1.17.